The van der Waals surface area contributed by atoms with Crippen molar-refractivity contribution in [1.29, 1.82) is 0 Å². The number of hydrogen-bond acceptors (Lipinski definition) is 4. The Morgan fingerprint density at radius 3 is 2.13 bits per heavy atom. The molecule has 0 bridgehead atoms. The Morgan fingerprint density at radius 2 is 1.61 bits per heavy atom. The number of carbonyl (C=O) groups excluding carboxylic acids is 1. The van der Waals surface area contributed by atoms with Crippen molar-refractivity contribution in [3.8, 4) is 29.1 Å². The lowest BCUT2D eigenvalue weighted by molar-refractivity contribution is 0.105. The summed E-state index contributed by atoms with van der Waals surface area (Å²) in [6, 6.07) is 10.5. The summed E-state index contributed by atoms with van der Waals surface area (Å²) < 4.78 is 16.5. The SMILES string of the molecule is COc1cc(C#CC(=O)c2ccccc2Br)cc(OC)c1OC. The predicted molar refractivity (Wildman–Crippen MR) is 91.4 cm³/mol. The summed E-state index contributed by atoms with van der Waals surface area (Å²) in [5, 5.41) is 0. The average molecular weight is 375 g/mol. The van der Waals surface area contributed by atoms with Crippen LogP contribution in [0.1, 0.15) is 15.9 Å². The zero-order valence-corrected chi connectivity index (χ0v) is 14.6. The van der Waals surface area contributed by atoms with Gasteiger partial charge in [0.1, 0.15) is 0 Å². The molecule has 0 N–H and O–H groups in total. The molecule has 2 aromatic carbocycles. The van der Waals surface area contributed by atoms with Gasteiger partial charge in [0, 0.05) is 15.6 Å². The van der Waals surface area contributed by atoms with E-state index in [2.05, 4.69) is 27.8 Å². The summed E-state index contributed by atoms with van der Waals surface area (Å²) in [4.78, 5) is 12.2. The monoisotopic (exact) mass is 374 g/mol. The van der Waals surface area contributed by atoms with E-state index in [1.807, 2.05) is 6.07 Å². The van der Waals surface area contributed by atoms with Crippen molar-refractivity contribution in [3.63, 3.8) is 0 Å². The molecular formula is C18H15BrO4. The lowest BCUT2D eigenvalue weighted by Crippen LogP contribution is -1.97. The van der Waals surface area contributed by atoms with E-state index in [1.165, 1.54) is 21.3 Å². The molecule has 0 atom stereocenters. The molecule has 23 heavy (non-hydrogen) atoms. The number of ketones is 1. The molecule has 0 aliphatic carbocycles. The summed E-state index contributed by atoms with van der Waals surface area (Å²) >= 11 is 3.34. The van der Waals surface area contributed by atoms with Gasteiger partial charge in [0.2, 0.25) is 11.5 Å². The minimum atomic E-state index is -0.272. The number of rotatable bonds is 4. The molecule has 5 heteroatoms. The van der Waals surface area contributed by atoms with Gasteiger partial charge in [0.25, 0.3) is 0 Å². The minimum absolute atomic E-state index is 0.272. The van der Waals surface area contributed by atoms with Gasteiger partial charge in [-0.15, -0.1) is 0 Å². The fourth-order valence-electron chi connectivity index (χ4n) is 1.99. The van der Waals surface area contributed by atoms with Gasteiger partial charge in [-0.05, 0) is 30.2 Å². The van der Waals surface area contributed by atoms with Crippen LogP contribution in [-0.2, 0) is 0 Å². The van der Waals surface area contributed by atoms with E-state index in [4.69, 9.17) is 14.2 Å². The van der Waals surface area contributed by atoms with Crippen LogP contribution in [0.2, 0.25) is 0 Å². The third kappa shape index (κ3) is 3.85. The van der Waals surface area contributed by atoms with E-state index in [0.717, 1.165) is 0 Å². The van der Waals surface area contributed by atoms with E-state index in [-0.39, 0.29) is 5.78 Å². The standard InChI is InChI=1S/C18H15BrO4/c1-21-16-10-12(11-17(22-2)18(16)23-3)8-9-15(20)13-6-4-5-7-14(13)19/h4-7,10-11H,1-3H3. The minimum Gasteiger partial charge on any atom is -0.493 e. The van der Waals surface area contributed by atoms with E-state index >= 15 is 0 Å². The maximum Gasteiger partial charge on any atom is 0.237 e. The molecule has 0 amide bonds. The zero-order chi connectivity index (χ0) is 16.8. The van der Waals surface area contributed by atoms with Crippen molar-refractivity contribution < 1.29 is 19.0 Å². The van der Waals surface area contributed by atoms with Crippen LogP contribution >= 0.6 is 15.9 Å². The van der Waals surface area contributed by atoms with Crippen LogP contribution in [0, 0.1) is 11.8 Å². The van der Waals surface area contributed by atoms with Crippen molar-refractivity contribution in [2.75, 3.05) is 21.3 Å². The normalized spacial score (nSPS) is 9.57. The highest BCUT2D eigenvalue weighted by atomic mass is 79.9. The van der Waals surface area contributed by atoms with Crippen LogP contribution in [0.15, 0.2) is 40.9 Å². The predicted octanol–water partition coefficient (Wildman–Crippen LogP) is 3.71. The van der Waals surface area contributed by atoms with E-state index in [0.29, 0.717) is 32.8 Å². The highest BCUT2D eigenvalue weighted by molar-refractivity contribution is 9.10. The van der Waals surface area contributed by atoms with Crippen molar-refractivity contribution in [2.45, 2.75) is 0 Å². The quantitative estimate of drug-likeness (QED) is 0.604. The molecule has 0 heterocycles. The number of Topliss-reactive ketones (excluding diaryl/α,β-unsaturated/α-hetero) is 1. The Balaban J connectivity index is 2.38. The van der Waals surface area contributed by atoms with Crippen LogP contribution in [0.25, 0.3) is 0 Å². The number of carbonyl (C=O) groups is 1. The third-order valence-corrected chi connectivity index (χ3v) is 3.80. The molecule has 0 aliphatic rings. The highest BCUT2D eigenvalue weighted by Gasteiger charge is 2.12. The van der Waals surface area contributed by atoms with Crippen molar-refractivity contribution in [3.05, 3.63) is 52.0 Å². The fraction of sp³-hybridized carbons (Fsp3) is 0.167. The van der Waals surface area contributed by atoms with E-state index < -0.39 is 0 Å². The van der Waals surface area contributed by atoms with Gasteiger partial charge in [0.15, 0.2) is 11.5 Å². The molecule has 2 aromatic rings. The number of halogens is 1. The topological polar surface area (TPSA) is 44.8 Å². The number of methoxy groups -OCH3 is 3. The van der Waals surface area contributed by atoms with E-state index in [1.54, 1.807) is 30.3 Å². The van der Waals surface area contributed by atoms with Crippen molar-refractivity contribution in [1.82, 2.24) is 0 Å². The molecule has 4 nitrogen and oxygen atoms in total. The number of benzene rings is 2. The Bertz CT molecular complexity index is 762. The fourth-order valence-corrected chi connectivity index (χ4v) is 2.46. The summed E-state index contributed by atoms with van der Waals surface area (Å²) in [6.45, 7) is 0. The summed E-state index contributed by atoms with van der Waals surface area (Å²) in [7, 11) is 4.59. The summed E-state index contributed by atoms with van der Waals surface area (Å²) in [5.74, 6) is 6.65. The first-order valence-electron chi connectivity index (χ1n) is 6.71. The molecule has 0 radical (unpaired) electrons. The first-order valence-corrected chi connectivity index (χ1v) is 7.51. The van der Waals surface area contributed by atoms with Crippen LogP contribution in [0.5, 0.6) is 17.2 Å². The molecule has 0 saturated heterocycles. The number of ether oxygens (including phenoxy) is 3. The van der Waals surface area contributed by atoms with Gasteiger partial charge in [0.05, 0.1) is 21.3 Å². The van der Waals surface area contributed by atoms with Crippen LogP contribution < -0.4 is 14.2 Å². The van der Waals surface area contributed by atoms with Gasteiger partial charge in [-0.3, -0.25) is 4.79 Å². The smallest absolute Gasteiger partial charge is 0.237 e. The Morgan fingerprint density at radius 1 is 1.00 bits per heavy atom. The molecule has 0 aliphatic heterocycles. The molecule has 118 valence electrons. The van der Waals surface area contributed by atoms with Crippen molar-refractivity contribution in [2.24, 2.45) is 0 Å². The Kier molecular flexibility index (Phi) is 5.67. The first-order chi connectivity index (χ1) is 11.1. The van der Waals surface area contributed by atoms with Crippen LogP contribution in [-0.4, -0.2) is 27.1 Å². The van der Waals surface area contributed by atoms with Gasteiger partial charge in [-0.2, -0.15) is 0 Å². The molecule has 0 fully saturated rings. The highest BCUT2D eigenvalue weighted by Crippen LogP contribution is 2.37. The summed E-state index contributed by atoms with van der Waals surface area (Å²) in [5.41, 5.74) is 1.12. The van der Waals surface area contributed by atoms with E-state index in [9.17, 15) is 4.79 Å². The van der Waals surface area contributed by atoms with Gasteiger partial charge in [-0.1, -0.05) is 34.0 Å². The Hall–Kier alpha value is -2.45. The van der Waals surface area contributed by atoms with Crippen LogP contribution in [0.4, 0.5) is 0 Å². The maximum absolute atomic E-state index is 12.2. The second-order valence-electron chi connectivity index (χ2n) is 4.47. The number of hydrogen-bond donors (Lipinski definition) is 0. The molecule has 0 aromatic heterocycles. The molecule has 0 saturated carbocycles. The van der Waals surface area contributed by atoms with Gasteiger partial charge >= 0.3 is 0 Å². The molecule has 0 unspecified atom stereocenters. The maximum atomic E-state index is 12.2. The molecule has 0 spiro atoms. The van der Waals surface area contributed by atoms with Gasteiger partial charge in [-0.25, -0.2) is 0 Å². The Labute approximate surface area is 143 Å². The zero-order valence-electron chi connectivity index (χ0n) is 13.0. The molecule has 2 rings (SSSR count). The summed E-state index contributed by atoms with van der Waals surface area (Å²) in [6.07, 6.45) is 0. The van der Waals surface area contributed by atoms with Crippen molar-refractivity contribution >= 4 is 21.7 Å². The second kappa shape index (κ2) is 7.70. The van der Waals surface area contributed by atoms with Crippen LogP contribution in [0.3, 0.4) is 0 Å². The third-order valence-electron chi connectivity index (χ3n) is 3.10. The first kappa shape index (κ1) is 16.9. The van der Waals surface area contributed by atoms with Gasteiger partial charge < -0.3 is 14.2 Å². The second-order valence-corrected chi connectivity index (χ2v) is 5.33. The lowest BCUT2D eigenvalue weighted by Gasteiger charge is -2.12. The molecular weight excluding hydrogens is 360 g/mol. The average Bonchev–Trinajstić information content (AvgIpc) is 2.58. The largest absolute Gasteiger partial charge is 0.493 e. The lowest BCUT2D eigenvalue weighted by atomic mass is 10.1.